The average Bonchev–Trinajstić information content (AvgIpc) is 3.26. The molecule has 0 saturated heterocycles. The normalized spacial score (nSPS) is 14.7. The van der Waals surface area contributed by atoms with Crippen LogP contribution in [0.25, 0.3) is 0 Å². The molecule has 1 fully saturated rings. The zero-order valence-corrected chi connectivity index (χ0v) is 15.9. The van der Waals surface area contributed by atoms with Gasteiger partial charge in [0.2, 0.25) is 10.0 Å². The third-order valence-electron chi connectivity index (χ3n) is 4.35. The highest BCUT2D eigenvalue weighted by Gasteiger charge is 2.33. The Kier molecular flexibility index (Phi) is 4.99. The zero-order valence-electron chi connectivity index (χ0n) is 14.3. The summed E-state index contributed by atoms with van der Waals surface area (Å²) in [7, 11) is -3.77. The number of carbonyl (C=O) groups excluding carboxylic acids is 1. The SMILES string of the molecule is CC(C)c1ccc(CN(C(=O)c2csc(S(N)(=O)=O)c2)C2CC2)cc1. The van der Waals surface area contributed by atoms with E-state index in [4.69, 9.17) is 5.14 Å². The number of amides is 1. The van der Waals surface area contributed by atoms with Gasteiger partial charge in [0.1, 0.15) is 4.21 Å². The number of carbonyl (C=O) groups is 1. The smallest absolute Gasteiger partial charge is 0.255 e. The number of nitrogens with two attached hydrogens (primary N) is 1. The van der Waals surface area contributed by atoms with E-state index in [2.05, 4.69) is 38.1 Å². The Morgan fingerprint density at radius 1 is 1.28 bits per heavy atom. The van der Waals surface area contributed by atoms with Gasteiger partial charge in [-0.3, -0.25) is 4.79 Å². The van der Waals surface area contributed by atoms with Crippen LogP contribution < -0.4 is 5.14 Å². The van der Waals surface area contributed by atoms with E-state index in [1.165, 1.54) is 11.6 Å². The van der Waals surface area contributed by atoms with Gasteiger partial charge in [0.25, 0.3) is 5.91 Å². The molecule has 0 aliphatic heterocycles. The summed E-state index contributed by atoms with van der Waals surface area (Å²) in [6.07, 6.45) is 1.98. The van der Waals surface area contributed by atoms with Gasteiger partial charge in [-0.2, -0.15) is 0 Å². The van der Waals surface area contributed by atoms with Gasteiger partial charge in [-0.25, -0.2) is 13.6 Å². The zero-order chi connectivity index (χ0) is 18.2. The maximum Gasteiger partial charge on any atom is 0.255 e. The van der Waals surface area contributed by atoms with Crippen molar-refractivity contribution >= 4 is 27.3 Å². The van der Waals surface area contributed by atoms with Crippen LogP contribution in [0.15, 0.2) is 39.9 Å². The van der Waals surface area contributed by atoms with Crippen molar-refractivity contribution in [1.29, 1.82) is 0 Å². The summed E-state index contributed by atoms with van der Waals surface area (Å²) in [4.78, 5) is 14.7. The van der Waals surface area contributed by atoms with Gasteiger partial charge in [0, 0.05) is 18.0 Å². The minimum Gasteiger partial charge on any atom is -0.331 e. The summed E-state index contributed by atoms with van der Waals surface area (Å²) >= 11 is 0.985. The second kappa shape index (κ2) is 6.90. The Labute approximate surface area is 152 Å². The average molecular weight is 379 g/mol. The molecule has 1 heterocycles. The van der Waals surface area contributed by atoms with Crippen LogP contribution in [-0.2, 0) is 16.6 Å². The molecule has 1 amide bonds. The maximum atomic E-state index is 12.8. The van der Waals surface area contributed by atoms with Crippen molar-refractivity contribution in [1.82, 2.24) is 4.90 Å². The molecule has 7 heteroatoms. The Morgan fingerprint density at radius 2 is 1.92 bits per heavy atom. The molecule has 0 unspecified atom stereocenters. The van der Waals surface area contributed by atoms with Crippen LogP contribution in [0, 0.1) is 0 Å². The lowest BCUT2D eigenvalue weighted by molar-refractivity contribution is 0.0730. The van der Waals surface area contributed by atoms with E-state index >= 15 is 0 Å². The van der Waals surface area contributed by atoms with Gasteiger partial charge < -0.3 is 4.90 Å². The first-order valence-corrected chi connectivity index (χ1v) is 10.7. The number of sulfonamides is 1. The Balaban J connectivity index is 1.79. The van der Waals surface area contributed by atoms with Crippen LogP contribution in [0.3, 0.4) is 0 Å². The van der Waals surface area contributed by atoms with Gasteiger partial charge in [-0.15, -0.1) is 11.3 Å². The fourth-order valence-electron chi connectivity index (χ4n) is 2.70. The summed E-state index contributed by atoms with van der Waals surface area (Å²) in [6, 6.07) is 9.91. The first kappa shape index (κ1) is 18.1. The standard InChI is InChI=1S/C18H22N2O3S2/c1-12(2)14-5-3-13(4-6-14)10-20(16-7-8-16)18(21)15-9-17(24-11-15)25(19,22)23/h3-6,9,11-12,16H,7-8,10H2,1-2H3,(H2,19,22,23). The highest BCUT2D eigenvalue weighted by atomic mass is 32.2. The van der Waals surface area contributed by atoms with Gasteiger partial charge in [-0.05, 0) is 36.0 Å². The van der Waals surface area contributed by atoms with Crippen LogP contribution in [0.5, 0.6) is 0 Å². The fourth-order valence-corrected chi connectivity index (χ4v) is 4.28. The number of rotatable bonds is 6. The molecule has 1 aliphatic carbocycles. The van der Waals surface area contributed by atoms with Gasteiger partial charge in [0.05, 0.1) is 5.56 Å². The molecule has 1 aromatic heterocycles. The molecular weight excluding hydrogens is 356 g/mol. The number of primary sulfonamides is 1. The van der Waals surface area contributed by atoms with Crippen molar-refractivity contribution in [3.8, 4) is 0 Å². The number of nitrogens with zero attached hydrogens (tertiary/aromatic N) is 1. The summed E-state index contributed by atoms with van der Waals surface area (Å²) < 4.78 is 22.9. The van der Waals surface area contributed by atoms with Crippen molar-refractivity contribution in [2.24, 2.45) is 5.14 Å². The summed E-state index contributed by atoms with van der Waals surface area (Å²) in [6.45, 7) is 4.83. The lowest BCUT2D eigenvalue weighted by atomic mass is 10.0. The Bertz CT molecular complexity index is 866. The highest BCUT2D eigenvalue weighted by Crippen LogP contribution is 2.31. The maximum absolute atomic E-state index is 12.8. The summed E-state index contributed by atoms with van der Waals surface area (Å²) in [5.41, 5.74) is 2.73. The van der Waals surface area contributed by atoms with Crippen LogP contribution in [0.4, 0.5) is 0 Å². The van der Waals surface area contributed by atoms with Gasteiger partial charge in [0.15, 0.2) is 0 Å². The molecule has 134 valence electrons. The molecule has 1 aromatic carbocycles. The van der Waals surface area contributed by atoms with Crippen molar-refractivity contribution in [2.45, 2.75) is 49.4 Å². The van der Waals surface area contributed by atoms with Gasteiger partial charge >= 0.3 is 0 Å². The van der Waals surface area contributed by atoms with Crippen molar-refractivity contribution in [2.75, 3.05) is 0 Å². The van der Waals surface area contributed by atoms with E-state index in [0.717, 1.165) is 29.7 Å². The van der Waals surface area contributed by atoms with E-state index in [1.54, 1.807) is 5.38 Å². The van der Waals surface area contributed by atoms with E-state index < -0.39 is 10.0 Å². The van der Waals surface area contributed by atoms with E-state index in [-0.39, 0.29) is 16.2 Å². The lowest BCUT2D eigenvalue weighted by Crippen LogP contribution is -2.32. The van der Waals surface area contributed by atoms with Crippen molar-refractivity contribution < 1.29 is 13.2 Å². The summed E-state index contributed by atoms with van der Waals surface area (Å²) in [5.74, 6) is 0.333. The quantitative estimate of drug-likeness (QED) is 0.837. The number of hydrogen-bond donors (Lipinski definition) is 1. The summed E-state index contributed by atoms with van der Waals surface area (Å²) in [5, 5.41) is 6.71. The topological polar surface area (TPSA) is 80.5 Å². The molecule has 1 aliphatic rings. The molecule has 0 bridgehead atoms. The van der Waals surface area contributed by atoms with E-state index in [0.29, 0.717) is 18.0 Å². The Morgan fingerprint density at radius 3 is 2.40 bits per heavy atom. The molecule has 5 nitrogen and oxygen atoms in total. The first-order chi connectivity index (χ1) is 11.8. The Hall–Kier alpha value is -1.70. The first-order valence-electron chi connectivity index (χ1n) is 8.27. The molecule has 1 saturated carbocycles. The minimum absolute atomic E-state index is 0.0212. The van der Waals surface area contributed by atoms with Crippen LogP contribution >= 0.6 is 11.3 Å². The van der Waals surface area contributed by atoms with E-state index in [9.17, 15) is 13.2 Å². The monoisotopic (exact) mass is 378 g/mol. The minimum atomic E-state index is -3.77. The lowest BCUT2D eigenvalue weighted by Gasteiger charge is -2.22. The van der Waals surface area contributed by atoms with E-state index in [1.807, 2.05) is 4.90 Å². The van der Waals surface area contributed by atoms with Crippen LogP contribution in [0.2, 0.25) is 0 Å². The molecule has 25 heavy (non-hydrogen) atoms. The van der Waals surface area contributed by atoms with Crippen LogP contribution in [0.1, 0.15) is 54.1 Å². The van der Waals surface area contributed by atoms with Gasteiger partial charge in [-0.1, -0.05) is 38.1 Å². The fraction of sp³-hybridized carbons (Fsp3) is 0.389. The number of thiophene rings is 1. The highest BCUT2D eigenvalue weighted by molar-refractivity contribution is 7.91. The molecule has 0 atom stereocenters. The predicted octanol–water partition coefficient (Wildman–Crippen LogP) is 3.32. The number of benzene rings is 1. The molecule has 0 radical (unpaired) electrons. The largest absolute Gasteiger partial charge is 0.331 e. The van der Waals surface area contributed by atoms with Crippen molar-refractivity contribution in [3.63, 3.8) is 0 Å². The van der Waals surface area contributed by atoms with Crippen LogP contribution in [-0.4, -0.2) is 25.3 Å². The third kappa shape index (κ3) is 4.29. The molecule has 0 spiro atoms. The molecule has 3 rings (SSSR count). The molecule has 2 aromatic rings. The predicted molar refractivity (Wildman–Crippen MR) is 99.1 cm³/mol. The molecular formula is C18H22N2O3S2. The molecule has 2 N–H and O–H groups in total. The third-order valence-corrected chi connectivity index (χ3v) is 6.74. The van der Waals surface area contributed by atoms with Crippen molar-refractivity contribution in [3.05, 3.63) is 52.4 Å². The second-order valence-corrected chi connectivity index (χ2v) is 9.46. The number of hydrogen-bond acceptors (Lipinski definition) is 4. The second-order valence-electron chi connectivity index (χ2n) is 6.76.